The fraction of sp³-hybridized carbons (Fsp3) is 0.0952. The molecule has 0 saturated heterocycles. The first kappa shape index (κ1) is 17.4. The van der Waals surface area contributed by atoms with Gasteiger partial charge < -0.3 is 9.47 Å². The predicted molar refractivity (Wildman–Crippen MR) is 99.5 cm³/mol. The summed E-state index contributed by atoms with van der Waals surface area (Å²) in [7, 11) is 0. The summed E-state index contributed by atoms with van der Waals surface area (Å²) in [6.07, 6.45) is 5.11. The normalized spacial score (nSPS) is 15.2. The number of nitrogens with zero attached hydrogens (tertiary/aromatic N) is 1. The third-order valence-corrected chi connectivity index (χ3v) is 3.58. The van der Waals surface area contributed by atoms with Gasteiger partial charge in [-0.05, 0) is 42.3 Å². The second-order valence-electron chi connectivity index (χ2n) is 5.78. The number of benzene rings is 2. The number of cyclic esters (lactones) is 1. The Labute approximate surface area is 151 Å². The zero-order valence-electron chi connectivity index (χ0n) is 14.4. The third-order valence-electron chi connectivity index (χ3n) is 3.58. The number of hydrogen-bond acceptors (Lipinski definition) is 5. The lowest BCUT2D eigenvalue weighted by Crippen LogP contribution is -2.01. The second kappa shape index (κ2) is 7.61. The van der Waals surface area contributed by atoms with E-state index in [1.165, 1.54) is 12.5 Å². The molecule has 0 N–H and O–H groups in total. The summed E-state index contributed by atoms with van der Waals surface area (Å²) in [5.41, 5.74) is 3.14. The molecule has 2 aromatic carbocycles. The summed E-state index contributed by atoms with van der Waals surface area (Å²) >= 11 is 0. The molecule has 26 heavy (non-hydrogen) atoms. The number of aryl methyl sites for hydroxylation is 1. The van der Waals surface area contributed by atoms with Crippen molar-refractivity contribution in [1.29, 1.82) is 0 Å². The van der Waals surface area contributed by atoms with E-state index in [-0.39, 0.29) is 17.6 Å². The molecule has 3 rings (SSSR count). The summed E-state index contributed by atoms with van der Waals surface area (Å²) in [6.45, 7) is 3.36. The molecule has 0 spiro atoms. The molecular formula is C21H17NO4. The van der Waals surface area contributed by atoms with Crippen LogP contribution in [0.25, 0.3) is 12.2 Å². The molecule has 130 valence electrons. The maximum atomic E-state index is 11.9. The van der Waals surface area contributed by atoms with Gasteiger partial charge in [-0.2, -0.15) is 0 Å². The molecule has 0 atom stereocenters. The minimum Gasteiger partial charge on any atom is -0.427 e. The van der Waals surface area contributed by atoms with E-state index < -0.39 is 5.97 Å². The highest BCUT2D eigenvalue weighted by Crippen LogP contribution is 2.19. The number of hydrogen-bond donors (Lipinski definition) is 0. The van der Waals surface area contributed by atoms with Crippen LogP contribution in [0.4, 0.5) is 0 Å². The van der Waals surface area contributed by atoms with Gasteiger partial charge in [0.2, 0.25) is 5.90 Å². The molecule has 1 heterocycles. The highest BCUT2D eigenvalue weighted by Gasteiger charge is 2.21. The molecule has 0 aromatic heterocycles. The molecule has 0 bridgehead atoms. The van der Waals surface area contributed by atoms with Crippen molar-refractivity contribution in [3.05, 3.63) is 77.0 Å². The third kappa shape index (κ3) is 4.54. The number of aliphatic imine (C=N–C) groups is 1. The van der Waals surface area contributed by atoms with Crippen molar-refractivity contribution in [3.63, 3.8) is 0 Å². The van der Waals surface area contributed by atoms with Gasteiger partial charge in [-0.25, -0.2) is 9.79 Å². The van der Waals surface area contributed by atoms with Crippen LogP contribution in [0.3, 0.4) is 0 Å². The summed E-state index contributed by atoms with van der Waals surface area (Å²) in [6, 6.07) is 14.7. The SMILES string of the molecule is CC(=O)Oc1ccc(C=C2N=C(C=Cc3ccc(C)cc3)OC2=O)cc1. The minimum atomic E-state index is -0.502. The number of carbonyl (C=O) groups excluding carboxylic acids is 2. The van der Waals surface area contributed by atoms with Crippen molar-refractivity contribution in [2.24, 2.45) is 4.99 Å². The van der Waals surface area contributed by atoms with Crippen molar-refractivity contribution in [2.45, 2.75) is 13.8 Å². The topological polar surface area (TPSA) is 65.0 Å². The lowest BCUT2D eigenvalue weighted by molar-refractivity contribution is -0.132. The number of esters is 2. The summed E-state index contributed by atoms with van der Waals surface area (Å²) < 4.78 is 10.1. The Hall–Kier alpha value is -3.47. The number of rotatable bonds is 4. The Morgan fingerprint density at radius 1 is 1.00 bits per heavy atom. The van der Waals surface area contributed by atoms with Crippen LogP contribution in [0.5, 0.6) is 5.75 Å². The zero-order valence-corrected chi connectivity index (χ0v) is 14.4. The Balaban J connectivity index is 1.73. The minimum absolute atomic E-state index is 0.216. The Morgan fingerprint density at radius 2 is 1.65 bits per heavy atom. The molecule has 0 unspecified atom stereocenters. The molecular weight excluding hydrogens is 330 g/mol. The zero-order chi connectivity index (χ0) is 18.5. The van der Waals surface area contributed by atoms with E-state index in [2.05, 4.69) is 4.99 Å². The van der Waals surface area contributed by atoms with Gasteiger partial charge in [-0.3, -0.25) is 4.79 Å². The van der Waals surface area contributed by atoms with Crippen molar-refractivity contribution in [3.8, 4) is 5.75 Å². The summed E-state index contributed by atoms with van der Waals surface area (Å²) in [5.74, 6) is -0.195. The number of ether oxygens (including phenoxy) is 2. The fourth-order valence-corrected chi connectivity index (χ4v) is 2.30. The van der Waals surface area contributed by atoms with Gasteiger partial charge in [-0.15, -0.1) is 0 Å². The van der Waals surface area contributed by atoms with Gasteiger partial charge in [-0.1, -0.05) is 42.0 Å². The molecule has 0 fully saturated rings. The van der Waals surface area contributed by atoms with Crippen molar-refractivity contribution in [1.82, 2.24) is 0 Å². The van der Waals surface area contributed by atoms with E-state index in [0.717, 1.165) is 11.1 Å². The maximum absolute atomic E-state index is 11.9. The summed E-state index contributed by atoms with van der Waals surface area (Å²) in [5, 5.41) is 0. The monoisotopic (exact) mass is 347 g/mol. The Bertz CT molecular complexity index is 919. The molecule has 5 nitrogen and oxygen atoms in total. The Morgan fingerprint density at radius 3 is 2.31 bits per heavy atom. The lowest BCUT2D eigenvalue weighted by atomic mass is 10.1. The van der Waals surface area contributed by atoms with Crippen LogP contribution in [0.2, 0.25) is 0 Å². The van der Waals surface area contributed by atoms with E-state index in [4.69, 9.17) is 9.47 Å². The van der Waals surface area contributed by atoms with Crippen LogP contribution in [-0.2, 0) is 14.3 Å². The lowest BCUT2D eigenvalue weighted by Gasteiger charge is -2.00. The largest absolute Gasteiger partial charge is 0.427 e. The molecule has 2 aromatic rings. The van der Waals surface area contributed by atoms with Crippen LogP contribution in [0.15, 0.2) is 65.3 Å². The molecule has 0 radical (unpaired) electrons. The summed E-state index contributed by atoms with van der Waals surface area (Å²) in [4.78, 5) is 27.1. The fourth-order valence-electron chi connectivity index (χ4n) is 2.30. The van der Waals surface area contributed by atoms with Crippen LogP contribution in [0, 0.1) is 6.92 Å². The van der Waals surface area contributed by atoms with E-state index >= 15 is 0 Å². The van der Waals surface area contributed by atoms with Crippen molar-refractivity contribution >= 4 is 30.0 Å². The van der Waals surface area contributed by atoms with Crippen molar-refractivity contribution in [2.75, 3.05) is 0 Å². The smallest absolute Gasteiger partial charge is 0.363 e. The van der Waals surface area contributed by atoms with Gasteiger partial charge in [0.15, 0.2) is 5.70 Å². The van der Waals surface area contributed by atoms with Gasteiger partial charge in [0.25, 0.3) is 0 Å². The first-order valence-electron chi connectivity index (χ1n) is 8.05. The van der Waals surface area contributed by atoms with Gasteiger partial charge in [0.1, 0.15) is 5.75 Å². The molecule has 1 aliphatic heterocycles. The first-order valence-corrected chi connectivity index (χ1v) is 8.05. The molecule has 0 amide bonds. The standard InChI is InChI=1S/C21H17NO4/c1-14-3-5-16(6-4-14)9-12-20-22-19(21(24)26-20)13-17-7-10-18(11-8-17)25-15(2)23/h3-13H,1-2H3. The average molecular weight is 347 g/mol. The van der Waals surface area contributed by atoms with Crippen LogP contribution in [0.1, 0.15) is 23.6 Å². The van der Waals surface area contributed by atoms with E-state index in [0.29, 0.717) is 5.75 Å². The highest BCUT2D eigenvalue weighted by atomic mass is 16.6. The van der Waals surface area contributed by atoms with Gasteiger partial charge >= 0.3 is 11.9 Å². The van der Waals surface area contributed by atoms with Gasteiger partial charge in [0, 0.05) is 13.0 Å². The first-order chi connectivity index (χ1) is 12.5. The van der Waals surface area contributed by atoms with E-state index in [1.54, 1.807) is 36.4 Å². The van der Waals surface area contributed by atoms with Gasteiger partial charge in [0.05, 0.1) is 0 Å². The highest BCUT2D eigenvalue weighted by molar-refractivity contribution is 6.11. The molecule has 1 aliphatic rings. The molecule has 0 saturated carbocycles. The quantitative estimate of drug-likeness (QED) is 0.477. The van der Waals surface area contributed by atoms with E-state index in [9.17, 15) is 9.59 Å². The van der Waals surface area contributed by atoms with Crippen LogP contribution < -0.4 is 4.74 Å². The maximum Gasteiger partial charge on any atom is 0.363 e. The second-order valence-corrected chi connectivity index (χ2v) is 5.78. The van der Waals surface area contributed by atoms with Crippen molar-refractivity contribution < 1.29 is 19.1 Å². The number of carbonyl (C=O) groups is 2. The molecule has 5 heteroatoms. The van der Waals surface area contributed by atoms with E-state index in [1.807, 2.05) is 37.3 Å². The Kier molecular flexibility index (Phi) is 5.08. The van der Waals surface area contributed by atoms with Crippen LogP contribution in [-0.4, -0.2) is 17.8 Å². The molecule has 0 aliphatic carbocycles. The average Bonchev–Trinajstić information content (AvgIpc) is 2.95. The predicted octanol–water partition coefficient (Wildman–Crippen LogP) is 3.93. The van der Waals surface area contributed by atoms with Crippen LogP contribution >= 0.6 is 0 Å².